The van der Waals surface area contributed by atoms with Crippen LogP contribution in [0.2, 0.25) is 0 Å². The van der Waals surface area contributed by atoms with Gasteiger partial charge >= 0.3 is 0 Å². The van der Waals surface area contributed by atoms with Crippen LogP contribution >= 0.6 is 0 Å². The molecule has 142 valence electrons. The molecule has 0 radical (unpaired) electrons. The average molecular weight is 376 g/mol. The number of likely N-dealkylation sites (tertiary alicyclic amines) is 1. The Balaban J connectivity index is 1.48. The van der Waals surface area contributed by atoms with Gasteiger partial charge < -0.3 is 14.3 Å². The second kappa shape index (κ2) is 6.99. The van der Waals surface area contributed by atoms with Crippen LogP contribution in [0.3, 0.4) is 0 Å². The predicted octanol–water partition coefficient (Wildman–Crippen LogP) is 2.91. The zero-order chi connectivity index (χ0) is 19.0. The first kappa shape index (κ1) is 17.5. The summed E-state index contributed by atoms with van der Waals surface area (Å²) in [7, 11) is 0. The highest BCUT2D eigenvalue weighted by Crippen LogP contribution is 2.30. The number of aromatic nitrogens is 1. The van der Waals surface area contributed by atoms with E-state index in [1.54, 1.807) is 18.0 Å². The Morgan fingerprint density at radius 2 is 2.22 bits per heavy atom. The van der Waals surface area contributed by atoms with Crippen LogP contribution in [-0.2, 0) is 4.84 Å². The molecule has 2 aliphatic rings. The zero-order valence-corrected chi connectivity index (χ0v) is 14.6. The molecular weight excluding hydrogens is 358 g/mol. The third-order valence-corrected chi connectivity index (χ3v) is 4.78. The number of benzene rings is 1. The molecule has 27 heavy (non-hydrogen) atoms. The molecule has 0 saturated carbocycles. The van der Waals surface area contributed by atoms with Gasteiger partial charge in [-0.15, -0.1) is 0 Å². The number of halogens is 2. The van der Waals surface area contributed by atoms with Crippen LogP contribution in [0, 0.1) is 24.5 Å². The fraction of sp³-hybridized carbons (Fsp3) is 0.333. The predicted molar refractivity (Wildman–Crippen MR) is 91.0 cm³/mol. The molecule has 4 rings (SSSR count). The Bertz CT molecular complexity index is 898. The number of hydrogen-bond acceptors (Lipinski definition) is 6. The van der Waals surface area contributed by atoms with Gasteiger partial charge in [0.25, 0.3) is 5.91 Å². The molecule has 0 spiro atoms. The zero-order valence-electron chi connectivity index (χ0n) is 14.6. The number of amides is 1. The first-order valence-electron chi connectivity index (χ1n) is 8.62. The van der Waals surface area contributed by atoms with E-state index in [0.717, 1.165) is 18.9 Å². The van der Waals surface area contributed by atoms with Crippen molar-refractivity contribution in [3.05, 3.63) is 59.3 Å². The Hall–Kier alpha value is -2.94. The molecule has 1 N–H and O–H groups in total. The van der Waals surface area contributed by atoms with Crippen molar-refractivity contribution in [2.45, 2.75) is 19.8 Å². The lowest BCUT2D eigenvalue weighted by molar-refractivity contribution is 0.0576. The molecule has 2 aliphatic heterocycles. The molecule has 1 unspecified atom stereocenters. The molecule has 0 bridgehead atoms. The van der Waals surface area contributed by atoms with Gasteiger partial charge in [-0.2, -0.15) is 0 Å². The maximum absolute atomic E-state index is 14.0. The summed E-state index contributed by atoms with van der Waals surface area (Å²) in [6.07, 6.45) is 4.69. The van der Waals surface area contributed by atoms with Crippen molar-refractivity contribution in [3.8, 4) is 0 Å². The molecule has 3 heterocycles. The molecule has 1 aromatic heterocycles. The number of nitrogens with zero attached hydrogens (tertiary/aromatic N) is 3. The van der Waals surface area contributed by atoms with Gasteiger partial charge in [0.05, 0.1) is 18.1 Å². The normalized spacial score (nSPS) is 19.8. The lowest BCUT2D eigenvalue weighted by atomic mass is 9.95. The molecule has 1 fully saturated rings. The summed E-state index contributed by atoms with van der Waals surface area (Å²) in [5.41, 5.74) is 3.21. The minimum Gasteiger partial charge on any atom is -0.391 e. The highest BCUT2D eigenvalue weighted by molar-refractivity contribution is 5.94. The Labute approximate surface area is 154 Å². The minimum atomic E-state index is -0.702. The maximum Gasteiger partial charge on any atom is 0.259 e. The van der Waals surface area contributed by atoms with Gasteiger partial charge in [0.15, 0.2) is 5.82 Å². The Morgan fingerprint density at radius 3 is 2.96 bits per heavy atom. The van der Waals surface area contributed by atoms with Crippen molar-refractivity contribution in [1.29, 1.82) is 0 Å². The van der Waals surface area contributed by atoms with E-state index in [1.807, 2.05) is 0 Å². The molecule has 1 atom stereocenters. The van der Waals surface area contributed by atoms with Gasteiger partial charge in [-0.25, -0.2) is 13.8 Å². The van der Waals surface area contributed by atoms with E-state index < -0.39 is 11.6 Å². The number of anilines is 1. The molecule has 9 heteroatoms. The average Bonchev–Trinajstić information content (AvgIpc) is 3.30. The number of hydrogen-bond donors (Lipinski definition) is 1. The van der Waals surface area contributed by atoms with E-state index in [1.165, 1.54) is 23.3 Å². The van der Waals surface area contributed by atoms with Gasteiger partial charge in [0, 0.05) is 25.1 Å². The van der Waals surface area contributed by atoms with Crippen molar-refractivity contribution in [3.63, 3.8) is 0 Å². The van der Waals surface area contributed by atoms with Crippen LogP contribution in [0.5, 0.6) is 0 Å². The molecule has 0 aliphatic carbocycles. The SMILES string of the molecule is Cc1oncc1C(=O)N1CCCC(C2=CN(c3ccc(F)cc3F)NO2)C1. The van der Waals surface area contributed by atoms with Crippen molar-refractivity contribution in [2.24, 2.45) is 5.92 Å². The number of piperidine rings is 1. The lowest BCUT2D eigenvalue weighted by Gasteiger charge is -2.32. The van der Waals surface area contributed by atoms with E-state index >= 15 is 0 Å². The van der Waals surface area contributed by atoms with Crippen molar-refractivity contribution in [2.75, 3.05) is 18.1 Å². The van der Waals surface area contributed by atoms with Crippen LogP contribution in [0.4, 0.5) is 14.5 Å². The van der Waals surface area contributed by atoms with Crippen LogP contribution in [0.25, 0.3) is 0 Å². The summed E-state index contributed by atoms with van der Waals surface area (Å²) < 4.78 is 32.0. The van der Waals surface area contributed by atoms with E-state index in [9.17, 15) is 13.6 Å². The quantitative estimate of drug-likeness (QED) is 0.888. The van der Waals surface area contributed by atoms with Gasteiger partial charge in [-0.1, -0.05) is 10.7 Å². The Morgan fingerprint density at radius 1 is 1.37 bits per heavy atom. The summed E-state index contributed by atoms with van der Waals surface area (Å²) in [5.74, 6) is -0.440. The summed E-state index contributed by atoms with van der Waals surface area (Å²) >= 11 is 0. The summed E-state index contributed by atoms with van der Waals surface area (Å²) in [6.45, 7) is 2.80. The molecular formula is C18H18F2N4O3. The van der Waals surface area contributed by atoms with Gasteiger partial charge in [-0.05, 0) is 31.9 Å². The van der Waals surface area contributed by atoms with Crippen molar-refractivity contribution in [1.82, 2.24) is 15.6 Å². The summed E-state index contributed by atoms with van der Waals surface area (Å²) in [4.78, 5) is 19.9. The third-order valence-electron chi connectivity index (χ3n) is 4.78. The van der Waals surface area contributed by atoms with Crippen LogP contribution in [0.1, 0.15) is 29.0 Å². The van der Waals surface area contributed by atoms with E-state index in [0.29, 0.717) is 30.2 Å². The molecule has 1 saturated heterocycles. The van der Waals surface area contributed by atoms with Gasteiger partial charge in [0.2, 0.25) is 0 Å². The third kappa shape index (κ3) is 3.37. The first-order valence-corrected chi connectivity index (χ1v) is 8.62. The van der Waals surface area contributed by atoms with Crippen LogP contribution in [-0.4, -0.2) is 29.1 Å². The molecule has 7 nitrogen and oxygen atoms in total. The van der Waals surface area contributed by atoms with Gasteiger partial charge in [0.1, 0.15) is 22.9 Å². The highest BCUT2D eigenvalue weighted by atomic mass is 19.1. The summed E-state index contributed by atoms with van der Waals surface area (Å²) in [6, 6.07) is 3.31. The first-order chi connectivity index (χ1) is 13.0. The van der Waals surface area contributed by atoms with Crippen LogP contribution in [0.15, 0.2) is 40.9 Å². The van der Waals surface area contributed by atoms with Gasteiger partial charge in [-0.3, -0.25) is 4.79 Å². The number of nitrogens with one attached hydrogen (secondary N) is 1. The summed E-state index contributed by atoms with van der Waals surface area (Å²) in [5, 5.41) is 5.01. The van der Waals surface area contributed by atoms with Crippen molar-refractivity contribution < 1.29 is 22.9 Å². The largest absolute Gasteiger partial charge is 0.391 e. The number of rotatable bonds is 3. The molecule has 1 aromatic carbocycles. The minimum absolute atomic E-state index is 0.0381. The van der Waals surface area contributed by atoms with E-state index in [-0.39, 0.29) is 17.5 Å². The number of hydrazine groups is 1. The smallest absolute Gasteiger partial charge is 0.259 e. The van der Waals surface area contributed by atoms with E-state index in [4.69, 9.17) is 9.36 Å². The molecule has 1 amide bonds. The molecule has 2 aromatic rings. The second-order valence-corrected chi connectivity index (χ2v) is 6.58. The van der Waals surface area contributed by atoms with Crippen LogP contribution < -0.4 is 10.6 Å². The number of carbonyl (C=O) groups excluding carboxylic acids is 1. The van der Waals surface area contributed by atoms with E-state index in [2.05, 4.69) is 10.7 Å². The second-order valence-electron chi connectivity index (χ2n) is 6.58. The topological polar surface area (TPSA) is 70.8 Å². The maximum atomic E-state index is 14.0. The lowest BCUT2D eigenvalue weighted by Crippen LogP contribution is -2.40. The number of carbonyl (C=O) groups is 1. The van der Waals surface area contributed by atoms with Crippen molar-refractivity contribution >= 4 is 11.6 Å². The standard InChI is InChI=1S/C18H18F2N4O3/c1-11-14(8-21-26-11)18(25)23-6-2-3-12(9-23)17-10-24(22-27-17)16-5-4-13(19)7-15(16)20/h4-5,7-8,10,12,22H,2-3,6,9H2,1H3. The highest BCUT2D eigenvalue weighted by Gasteiger charge is 2.32. The monoisotopic (exact) mass is 376 g/mol. The fourth-order valence-corrected chi connectivity index (χ4v) is 3.33. The Kier molecular flexibility index (Phi) is 4.53. The fourth-order valence-electron chi connectivity index (χ4n) is 3.33. The number of aryl methyl sites for hydroxylation is 1.